The molecule has 1 unspecified atom stereocenters. The van der Waals surface area contributed by atoms with Gasteiger partial charge in [-0.3, -0.25) is 4.79 Å². The number of primary amides is 1. The summed E-state index contributed by atoms with van der Waals surface area (Å²) in [5.41, 5.74) is 5.45. The summed E-state index contributed by atoms with van der Waals surface area (Å²) < 4.78 is 24.9. The molecule has 0 saturated carbocycles. The van der Waals surface area contributed by atoms with Crippen LogP contribution in [0.1, 0.15) is 36.2 Å². The molecular weight excluding hydrogens is 282 g/mol. The highest BCUT2D eigenvalue weighted by atomic mass is 32.2. The zero-order chi connectivity index (χ0) is 15.5. The Morgan fingerprint density at radius 3 is 2.30 bits per heavy atom. The molecule has 1 aromatic rings. The lowest BCUT2D eigenvalue weighted by Gasteiger charge is -2.15. The van der Waals surface area contributed by atoms with Gasteiger partial charge in [-0.1, -0.05) is 19.9 Å². The summed E-state index contributed by atoms with van der Waals surface area (Å²) in [5.74, 6) is -2.16. The van der Waals surface area contributed by atoms with Crippen molar-refractivity contribution in [2.45, 2.75) is 36.8 Å². The van der Waals surface area contributed by atoms with Gasteiger partial charge in [-0.2, -0.15) is 0 Å². The van der Waals surface area contributed by atoms with E-state index in [2.05, 4.69) is 0 Å². The third-order valence-corrected chi connectivity index (χ3v) is 5.37. The monoisotopic (exact) mass is 299 g/mol. The number of carbonyl (C=O) groups excluding carboxylic acids is 1. The molecule has 1 rings (SSSR count). The number of carboxylic acid groups (broad SMARTS) is 1. The molecule has 0 bridgehead atoms. The minimum atomic E-state index is -3.99. The lowest BCUT2D eigenvalue weighted by atomic mass is 10.1. The first-order valence-corrected chi connectivity index (χ1v) is 7.69. The molecule has 0 saturated heterocycles. The molecular formula is C13H17NO5S. The number of hydrogen-bond donors (Lipinski definition) is 2. The highest BCUT2D eigenvalue weighted by Crippen LogP contribution is 2.24. The third-order valence-electron chi connectivity index (χ3n) is 3.06. The van der Waals surface area contributed by atoms with Crippen molar-refractivity contribution in [2.75, 3.05) is 0 Å². The Kier molecular flexibility index (Phi) is 4.88. The molecule has 1 amide bonds. The van der Waals surface area contributed by atoms with Crippen LogP contribution in [0.2, 0.25) is 0 Å². The van der Waals surface area contributed by atoms with Gasteiger partial charge >= 0.3 is 5.97 Å². The van der Waals surface area contributed by atoms with Gasteiger partial charge < -0.3 is 10.8 Å². The van der Waals surface area contributed by atoms with Crippen molar-refractivity contribution in [3.05, 3.63) is 29.3 Å². The fraction of sp³-hybridized carbons (Fsp3) is 0.385. The number of sulfone groups is 1. The maximum Gasteiger partial charge on any atom is 0.335 e. The fourth-order valence-corrected chi connectivity index (χ4v) is 3.89. The number of nitrogens with two attached hydrogens (primary N) is 1. The average Bonchev–Trinajstić information content (AvgIpc) is 2.37. The Morgan fingerprint density at radius 2 is 1.90 bits per heavy atom. The van der Waals surface area contributed by atoms with Crippen molar-refractivity contribution in [1.82, 2.24) is 0 Å². The Hall–Kier alpha value is -1.89. The quantitative estimate of drug-likeness (QED) is 0.812. The van der Waals surface area contributed by atoms with Crippen LogP contribution in [0.4, 0.5) is 0 Å². The van der Waals surface area contributed by atoms with E-state index in [1.165, 1.54) is 12.1 Å². The van der Waals surface area contributed by atoms with Gasteiger partial charge in [-0.05, 0) is 30.5 Å². The minimum absolute atomic E-state index is 0.0398. The molecule has 0 aliphatic rings. The minimum Gasteiger partial charge on any atom is -0.478 e. The van der Waals surface area contributed by atoms with E-state index in [1.54, 1.807) is 13.8 Å². The Labute approximate surface area is 117 Å². The standard InChI is InChI=1S/C13H17NO5S/c1-3-8-5-6-9(13(16)17)7-11(8)20(18,19)10(4-2)12(14)15/h5-7,10H,3-4H2,1-2H3,(H2,14,15)(H,16,17). The van der Waals surface area contributed by atoms with E-state index in [9.17, 15) is 18.0 Å². The number of aryl methyl sites for hydroxylation is 1. The van der Waals surface area contributed by atoms with Gasteiger partial charge in [0.05, 0.1) is 10.5 Å². The first-order chi connectivity index (χ1) is 9.25. The van der Waals surface area contributed by atoms with Crippen LogP contribution in [-0.2, 0) is 21.1 Å². The van der Waals surface area contributed by atoms with Crippen molar-refractivity contribution in [3.8, 4) is 0 Å². The van der Waals surface area contributed by atoms with Gasteiger partial charge in [0.1, 0.15) is 5.25 Å². The predicted octanol–water partition coefficient (Wildman–Crippen LogP) is 0.985. The van der Waals surface area contributed by atoms with Gasteiger partial charge in [0.15, 0.2) is 9.84 Å². The number of benzene rings is 1. The molecule has 0 fully saturated rings. The summed E-state index contributed by atoms with van der Waals surface area (Å²) in [6.45, 7) is 3.29. The third kappa shape index (κ3) is 2.98. The Bertz CT molecular complexity index is 636. The molecule has 1 atom stereocenters. The maximum absolute atomic E-state index is 12.5. The fourth-order valence-electron chi connectivity index (χ4n) is 1.97. The smallest absolute Gasteiger partial charge is 0.335 e. The number of amides is 1. The lowest BCUT2D eigenvalue weighted by Crippen LogP contribution is -2.35. The highest BCUT2D eigenvalue weighted by Gasteiger charge is 2.32. The van der Waals surface area contributed by atoms with Gasteiger partial charge in [0, 0.05) is 0 Å². The lowest BCUT2D eigenvalue weighted by molar-refractivity contribution is -0.117. The molecule has 110 valence electrons. The van der Waals surface area contributed by atoms with Crippen LogP contribution in [-0.4, -0.2) is 30.7 Å². The second-order valence-electron chi connectivity index (χ2n) is 4.33. The largest absolute Gasteiger partial charge is 0.478 e. The summed E-state index contributed by atoms with van der Waals surface area (Å²) in [6, 6.07) is 3.87. The number of rotatable bonds is 6. The van der Waals surface area contributed by atoms with E-state index in [1.807, 2.05) is 0 Å². The molecule has 0 spiro atoms. The van der Waals surface area contributed by atoms with Crippen molar-refractivity contribution in [1.29, 1.82) is 0 Å². The Balaban J connectivity index is 3.53. The van der Waals surface area contributed by atoms with Crippen LogP contribution in [0.5, 0.6) is 0 Å². The van der Waals surface area contributed by atoms with Crippen LogP contribution < -0.4 is 5.73 Å². The van der Waals surface area contributed by atoms with Gasteiger partial charge in [-0.25, -0.2) is 13.2 Å². The summed E-state index contributed by atoms with van der Waals surface area (Å²) in [5, 5.41) is 7.61. The van der Waals surface area contributed by atoms with Crippen molar-refractivity contribution in [3.63, 3.8) is 0 Å². The zero-order valence-corrected chi connectivity index (χ0v) is 12.1. The second-order valence-corrected chi connectivity index (χ2v) is 6.42. The SMILES string of the molecule is CCc1ccc(C(=O)O)cc1S(=O)(=O)C(CC)C(N)=O. The number of carbonyl (C=O) groups is 2. The van der Waals surface area contributed by atoms with Crippen LogP contribution in [0.15, 0.2) is 23.1 Å². The molecule has 3 N–H and O–H groups in total. The second kappa shape index (κ2) is 6.04. The first kappa shape index (κ1) is 16.2. The molecule has 0 aliphatic carbocycles. The molecule has 0 radical (unpaired) electrons. The highest BCUT2D eigenvalue weighted by molar-refractivity contribution is 7.92. The number of aromatic carboxylic acids is 1. The molecule has 0 aliphatic heterocycles. The van der Waals surface area contributed by atoms with Crippen LogP contribution in [0.25, 0.3) is 0 Å². The molecule has 6 nitrogen and oxygen atoms in total. The van der Waals surface area contributed by atoms with E-state index in [4.69, 9.17) is 10.8 Å². The van der Waals surface area contributed by atoms with Crippen LogP contribution in [0, 0.1) is 0 Å². The van der Waals surface area contributed by atoms with Crippen molar-refractivity contribution < 1.29 is 23.1 Å². The van der Waals surface area contributed by atoms with E-state index >= 15 is 0 Å². The van der Waals surface area contributed by atoms with Gasteiger partial charge in [0.25, 0.3) is 0 Å². The molecule has 0 heterocycles. The van der Waals surface area contributed by atoms with Gasteiger partial charge in [-0.15, -0.1) is 0 Å². The normalized spacial score (nSPS) is 12.9. The molecule has 1 aromatic carbocycles. The predicted molar refractivity (Wildman–Crippen MR) is 73.2 cm³/mol. The number of carboxylic acids is 1. The maximum atomic E-state index is 12.5. The van der Waals surface area contributed by atoms with Gasteiger partial charge in [0.2, 0.25) is 5.91 Å². The molecule has 7 heteroatoms. The summed E-state index contributed by atoms with van der Waals surface area (Å²) >= 11 is 0. The van der Waals surface area contributed by atoms with E-state index < -0.39 is 27.0 Å². The van der Waals surface area contributed by atoms with Crippen molar-refractivity contribution >= 4 is 21.7 Å². The Morgan fingerprint density at radius 1 is 1.30 bits per heavy atom. The first-order valence-electron chi connectivity index (χ1n) is 6.15. The average molecular weight is 299 g/mol. The molecule has 0 aromatic heterocycles. The van der Waals surface area contributed by atoms with Crippen LogP contribution >= 0.6 is 0 Å². The number of hydrogen-bond acceptors (Lipinski definition) is 4. The molecule has 20 heavy (non-hydrogen) atoms. The van der Waals surface area contributed by atoms with Crippen LogP contribution in [0.3, 0.4) is 0 Å². The topological polar surface area (TPSA) is 115 Å². The summed E-state index contributed by atoms with van der Waals surface area (Å²) in [7, 11) is -3.99. The summed E-state index contributed by atoms with van der Waals surface area (Å²) in [6.07, 6.45) is 0.446. The van der Waals surface area contributed by atoms with E-state index in [0.29, 0.717) is 12.0 Å². The zero-order valence-electron chi connectivity index (χ0n) is 11.3. The van der Waals surface area contributed by atoms with E-state index in [-0.39, 0.29) is 16.9 Å². The summed E-state index contributed by atoms with van der Waals surface area (Å²) in [4.78, 5) is 22.1. The van der Waals surface area contributed by atoms with Crippen molar-refractivity contribution in [2.24, 2.45) is 5.73 Å². The van der Waals surface area contributed by atoms with E-state index in [0.717, 1.165) is 6.07 Å².